The highest BCUT2D eigenvalue weighted by atomic mass is 35.5. The molecule has 0 amide bonds. The summed E-state index contributed by atoms with van der Waals surface area (Å²) >= 11 is 5.94. The highest BCUT2D eigenvalue weighted by Crippen LogP contribution is 2.23. The molecule has 5 heteroatoms. The average Bonchev–Trinajstić information content (AvgIpc) is 3.10. The van der Waals surface area contributed by atoms with E-state index < -0.39 is 5.60 Å². The van der Waals surface area contributed by atoms with Crippen LogP contribution >= 0.6 is 11.6 Å². The summed E-state index contributed by atoms with van der Waals surface area (Å²) in [5, 5.41) is 14.7. The van der Waals surface area contributed by atoms with Crippen molar-refractivity contribution in [2.24, 2.45) is 0 Å². The predicted octanol–water partition coefficient (Wildman–Crippen LogP) is 3.40. The SMILES string of the molecule is CC(O)(CNC1CCN(c2ccc(Cl)cc2)CC1)c1ccco1. The Morgan fingerprint density at radius 1 is 1.26 bits per heavy atom. The van der Waals surface area contributed by atoms with Gasteiger partial charge in [0.1, 0.15) is 11.4 Å². The second-order valence-electron chi connectivity index (χ2n) is 6.37. The Morgan fingerprint density at radius 2 is 1.96 bits per heavy atom. The van der Waals surface area contributed by atoms with Crippen molar-refractivity contribution < 1.29 is 9.52 Å². The Hall–Kier alpha value is -1.49. The van der Waals surface area contributed by atoms with E-state index in [1.807, 2.05) is 18.2 Å². The number of hydrogen-bond donors (Lipinski definition) is 2. The first-order valence-corrected chi connectivity index (χ1v) is 8.43. The van der Waals surface area contributed by atoms with E-state index in [2.05, 4.69) is 22.3 Å². The summed E-state index contributed by atoms with van der Waals surface area (Å²) in [6.45, 7) is 4.28. The Labute approximate surface area is 142 Å². The van der Waals surface area contributed by atoms with Crippen molar-refractivity contribution in [3.63, 3.8) is 0 Å². The number of nitrogens with one attached hydrogen (secondary N) is 1. The smallest absolute Gasteiger partial charge is 0.136 e. The third-order valence-corrected chi connectivity index (χ3v) is 4.73. The number of aliphatic hydroxyl groups is 1. The van der Waals surface area contributed by atoms with E-state index in [1.165, 1.54) is 5.69 Å². The second kappa shape index (κ2) is 6.95. The second-order valence-corrected chi connectivity index (χ2v) is 6.81. The van der Waals surface area contributed by atoms with E-state index in [4.69, 9.17) is 16.0 Å². The van der Waals surface area contributed by atoms with Crippen LogP contribution in [0.25, 0.3) is 0 Å². The molecule has 1 aliphatic rings. The van der Waals surface area contributed by atoms with Crippen molar-refractivity contribution in [1.82, 2.24) is 5.32 Å². The van der Waals surface area contributed by atoms with Crippen LogP contribution < -0.4 is 10.2 Å². The Balaban J connectivity index is 1.49. The van der Waals surface area contributed by atoms with Crippen LogP contribution in [-0.4, -0.2) is 30.8 Å². The van der Waals surface area contributed by atoms with Crippen LogP contribution in [0.15, 0.2) is 47.1 Å². The van der Waals surface area contributed by atoms with Gasteiger partial charge in [0.25, 0.3) is 0 Å². The van der Waals surface area contributed by atoms with Crippen LogP contribution in [-0.2, 0) is 5.60 Å². The molecule has 1 aliphatic heterocycles. The third-order valence-electron chi connectivity index (χ3n) is 4.47. The summed E-state index contributed by atoms with van der Waals surface area (Å²) in [5.74, 6) is 0.601. The Kier molecular flexibility index (Phi) is 4.95. The van der Waals surface area contributed by atoms with Gasteiger partial charge >= 0.3 is 0 Å². The van der Waals surface area contributed by atoms with Gasteiger partial charge in [-0.25, -0.2) is 0 Å². The highest BCUT2D eigenvalue weighted by Gasteiger charge is 2.28. The lowest BCUT2D eigenvalue weighted by Gasteiger charge is -2.35. The maximum absolute atomic E-state index is 10.5. The number of nitrogens with zero attached hydrogens (tertiary/aromatic N) is 1. The van der Waals surface area contributed by atoms with Crippen LogP contribution in [0, 0.1) is 0 Å². The molecular weight excluding hydrogens is 312 g/mol. The molecule has 4 nitrogen and oxygen atoms in total. The number of halogens is 1. The van der Waals surface area contributed by atoms with Gasteiger partial charge in [-0.2, -0.15) is 0 Å². The monoisotopic (exact) mass is 334 g/mol. The molecule has 0 radical (unpaired) electrons. The normalized spacial score (nSPS) is 18.8. The zero-order valence-electron chi connectivity index (χ0n) is 13.3. The number of anilines is 1. The van der Waals surface area contributed by atoms with E-state index in [-0.39, 0.29) is 0 Å². The minimum Gasteiger partial charge on any atom is -0.466 e. The van der Waals surface area contributed by atoms with Gasteiger partial charge in [0, 0.05) is 36.4 Å². The molecule has 1 aromatic heterocycles. The summed E-state index contributed by atoms with van der Waals surface area (Å²) in [7, 11) is 0. The fraction of sp³-hybridized carbons (Fsp3) is 0.444. The first kappa shape index (κ1) is 16.4. The average molecular weight is 335 g/mol. The molecule has 0 aliphatic carbocycles. The first-order valence-electron chi connectivity index (χ1n) is 8.05. The molecule has 124 valence electrons. The van der Waals surface area contributed by atoms with E-state index in [0.29, 0.717) is 18.3 Å². The maximum atomic E-state index is 10.5. The molecule has 1 aromatic carbocycles. The van der Waals surface area contributed by atoms with Gasteiger partial charge in [-0.1, -0.05) is 11.6 Å². The number of furan rings is 1. The predicted molar refractivity (Wildman–Crippen MR) is 93.0 cm³/mol. The van der Waals surface area contributed by atoms with Crippen LogP contribution in [0.5, 0.6) is 0 Å². The molecule has 2 heterocycles. The lowest BCUT2D eigenvalue weighted by molar-refractivity contribution is 0.0308. The minimum atomic E-state index is -0.975. The largest absolute Gasteiger partial charge is 0.466 e. The number of rotatable bonds is 5. The fourth-order valence-corrected chi connectivity index (χ4v) is 3.13. The highest BCUT2D eigenvalue weighted by molar-refractivity contribution is 6.30. The topological polar surface area (TPSA) is 48.6 Å². The van der Waals surface area contributed by atoms with Crippen LogP contribution in [0.1, 0.15) is 25.5 Å². The standard InChI is InChI=1S/C18H23ClN2O2/c1-18(22,17-3-2-12-23-17)13-20-15-8-10-21(11-9-15)16-6-4-14(19)5-7-16/h2-7,12,15,20,22H,8-11,13H2,1H3. The van der Waals surface area contributed by atoms with Gasteiger partial charge in [0.15, 0.2) is 0 Å². The molecule has 0 saturated carbocycles. The van der Waals surface area contributed by atoms with E-state index >= 15 is 0 Å². The molecule has 23 heavy (non-hydrogen) atoms. The summed E-state index contributed by atoms with van der Waals surface area (Å²) in [6, 6.07) is 12.0. The van der Waals surface area contributed by atoms with Crippen molar-refractivity contribution in [3.05, 3.63) is 53.4 Å². The summed E-state index contributed by atoms with van der Waals surface area (Å²) < 4.78 is 5.31. The van der Waals surface area contributed by atoms with Gasteiger partial charge in [-0.15, -0.1) is 0 Å². The third kappa shape index (κ3) is 4.08. The van der Waals surface area contributed by atoms with Crippen molar-refractivity contribution in [2.45, 2.75) is 31.4 Å². The van der Waals surface area contributed by atoms with Crippen molar-refractivity contribution in [1.29, 1.82) is 0 Å². The molecule has 0 bridgehead atoms. The van der Waals surface area contributed by atoms with Gasteiger partial charge in [-0.3, -0.25) is 0 Å². The molecule has 2 N–H and O–H groups in total. The van der Waals surface area contributed by atoms with Crippen molar-refractivity contribution in [3.8, 4) is 0 Å². The summed E-state index contributed by atoms with van der Waals surface area (Å²) in [6.07, 6.45) is 3.70. The van der Waals surface area contributed by atoms with Gasteiger partial charge in [0.05, 0.1) is 6.26 Å². The zero-order valence-corrected chi connectivity index (χ0v) is 14.1. The van der Waals surface area contributed by atoms with E-state index in [0.717, 1.165) is 31.0 Å². The number of piperidine rings is 1. The molecular formula is C18H23ClN2O2. The van der Waals surface area contributed by atoms with Gasteiger partial charge < -0.3 is 19.7 Å². The van der Waals surface area contributed by atoms with E-state index in [9.17, 15) is 5.11 Å². The van der Waals surface area contributed by atoms with E-state index in [1.54, 1.807) is 19.3 Å². The Bertz CT molecular complexity index is 602. The molecule has 0 spiro atoms. The quantitative estimate of drug-likeness (QED) is 0.880. The lowest BCUT2D eigenvalue weighted by Crippen LogP contribution is -2.46. The fourth-order valence-electron chi connectivity index (χ4n) is 3.01. The van der Waals surface area contributed by atoms with Crippen molar-refractivity contribution in [2.75, 3.05) is 24.5 Å². The van der Waals surface area contributed by atoms with Crippen LogP contribution in [0.4, 0.5) is 5.69 Å². The van der Waals surface area contributed by atoms with Gasteiger partial charge in [-0.05, 0) is 56.2 Å². The molecule has 1 atom stereocenters. The maximum Gasteiger partial charge on any atom is 0.136 e. The summed E-state index contributed by atoms with van der Waals surface area (Å²) in [5.41, 5.74) is 0.243. The van der Waals surface area contributed by atoms with Crippen LogP contribution in [0.2, 0.25) is 5.02 Å². The lowest BCUT2D eigenvalue weighted by atomic mass is 10.00. The molecule has 1 fully saturated rings. The first-order chi connectivity index (χ1) is 11.0. The molecule has 2 aromatic rings. The molecule has 1 saturated heterocycles. The number of benzene rings is 1. The van der Waals surface area contributed by atoms with Crippen LogP contribution in [0.3, 0.4) is 0 Å². The molecule has 1 unspecified atom stereocenters. The number of hydrogen-bond acceptors (Lipinski definition) is 4. The zero-order chi connectivity index (χ0) is 16.3. The summed E-state index contributed by atoms with van der Waals surface area (Å²) in [4.78, 5) is 2.37. The van der Waals surface area contributed by atoms with Gasteiger partial charge in [0.2, 0.25) is 0 Å². The minimum absolute atomic E-state index is 0.417. The van der Waals surface area contributed by atoms with Crippen molar-refractivity contribution >= 4 is 17.3 Å². The Morgan fingerprint density at radius 3 is 2.57 bits per heavy atom. The molecule has 3 rings (SSSR count).